The second-order valence-electron chi connectivity index (χ2n) is 3.39. The summed E-state index contributed by atoms with van der Waals surface area (Å²) in [5.74, 6) is 0.642. The van der Waals surface area contributed by atoms with Crippen LogP contribution < -0.4 is 4.74 Å². The minimum atomic E-state index is 0.156. The van der Waals surface area contributed by atoms with Gasteiger partial charge in [-0.05, 0) is 35.4 Å². The van der Waals surface area contributed by atoms with Crippen LogP contribution in [0.15, 0.2) is 46.9 Å². The van der Waals surface area contributed by atoms with Crippen LogP contribution in [0.3, 0.4) is 0 Å². The molecule has 16 heavy (non-hydrogen) atoms. The van der Waals surface area contributed by atoms with E-state index in [-0.39, 0.29) is 5.75 Å². The molecule has 2 aromatic rings. The van der Waals surface area contributed by atoms with E-state index >= 15 is 0 Å². The zero-order chi connectivity index (χ0) is 11.5. The largest absolute Gasteiger partial charge is 0.504 e. The van der Waals surface area contributed by atoms with Gasteiger partial charge in [0.1, 0.15) is 0 Å². The number of rotatable bonds is 2. The van der Waals surface area contributed by atoms with Gasteiger partial charge in [-0.2, -0.15) is 0 Å². The van der Waals surface area contributed by atoms with Gasteiger partial charge in [0, 0.05) is 4.47 Å². The summed E-state index contributed by atoms with van der Waals surface area (Å²) in [6.45, 7) is 0. The van der Waals surface area contributed by atoms with E-state index in [1.165, 1.54) is 0 Å². The summed E-state index contributed by atoms with van der Waals surface area (Å²) in [7, 11) is 1.54. The van der Waals surface area contributed by atoms with E-state index in [9.17, 15) is 5.11 Å². The van der Waals surface area contributed by atoms with E-state index in [4.69, 9.17) is 4.74 Å². The molecule has 0 spiro atoms. The molecule has 0 radical (unpaired) electrons. The molecule has 3 heteroatoms. The summed E-state index contributed by atoms with van der Waals surface area (Å²) in [6.07, 6.45) is 0. The minimum absolute atomic E-state index is 0.156. The van der Waals surface area contributed by atoms with Crippen LogP contribution in [0.5, 0.6) is 11.5 Å². The summed E-state index contributed by atoms with van der Waals surface area (Å²) < 4.78 is 6.12. The normalized spacial score (nSPS) is 10.1. The molecule has 2 nitrogen and oxygen atoms in total. The maximum absolute atomic E-state index is 9.49. The zero-order valence-corrected chi connectivity index (χ0v) is 10.4. The molecule has 0 aliphatic carbocycles. The first kappa shape index (κ1) is 11.0. The predicted octanol–water partition coefficient (Wildman–Crippen LogP) is 3.83. The van der Waals surface area contributed by atoms with Gasteiger partial charge in [0.05, 0.1) is 7.11 Å². The van der Waals surface area contributed by atoms with Crippen LogP contribution in [-0.2, 0) is 0 Å². The molecule has 2 rings (SSSR count). The summed E-state index contributed by atoms with van der Waals surface area (Å²) >= 11 is 3.39. The minimum Gasteiger partial charge on any atom is -0.504 e. The molecule has 0 aliphatic heterocycles. The third-order valence-electron chi connectivity index (χ3n) is 2.36. The average Bonchev–Trinajstić information content (AvgIpc) is 2.31. The summed E-state index contributed by atoms with van der Waals surface area (Å²) in [5, 5.41) is 9.49. The Balaban J connectivity index is 2.44. The first-order valence-corrected chi connectivity index (χ1v) is 5.63. The molecule has 0 saturated heterocycles. The molecule has 0 amide bonds. The maximum Gasteiger partial charge on any atom is 0.161 e. The van der Waals surface area contributed by atoms with Gasteiger partial charge in [-0.15, -0.1) is 0 Å². The highest BCUT2D eigenvalue weighted by molar-refractivity contribution is 9.10. The molecule has 82 valence electrons. The lowest BCUT2D eigenvalue weighted by Crippen LogP contribution is -1.85. The van der Waals surface area contributed by atoms with E-state index in [1.807, 2.05) is 36.4 Å². The number of hydrogen-bond donors (Lipinski definition) is 1. The van der Waals surface area contributed by atoms with E-state index in [0.717, 1.165) is 15.6 Å². The van der Waals surface area contributed by atoms with Crippen molar-refractivity contribution in [1.82, 2.24) is 0 Å². The molecule has 0 bridgehead atoms. The third-order valence-corrected chi connectivity index (χ3v) is 2.89. The van der Waals surface area contributed by atoms with Gasteiger partial charge in [0.15, 0.2) is 11.5 Å². The molecule has 0 fully saturated rings. The highest BCUT2D eigenvalue weighted by Crippen LogP contribution is 2.31. The molecule has 0 atom stereocenters. The van der Waals surface area contributed by atoms with Crippen molar-refractivity contribution in [2.75, 3.05) is 7.11 Å². The highest BCUT2D eigenvalue weighted by atomic mass is 79.9. The van der Waals surface area contributed by atoms with Gasteiger partial charge >= 0.3 is 0 Å². The fourth-order valence-electron chi connectivity index (χ4n) is 1.50. The lowest BCUT2D eigenvalue weighted by atomic mass is 10.1. The van der Waals surface area contributed by atoms with E-state index in [2.05, 4.69) is 15.9 Å². The smallest absolute Gasteiger partial charge is 0.161 e. The number of phenols is 1. The van der Waals surface area contributed by atoms with E-state index < -0.39 is 0 Å². The van der Waals surface area contributed by atoms with Gasteiger partial charge in [-0.25, -0.2) is 0 Å². The monoisotopic (exact) mass is 278 g/mol. The number of halogens is 1. The predicted molar refractivity (Wildman–Crippen MR) is 67.8 cm³/mol. The van der Waals surface area contributed by atoms with Crippen molar-refractivity contribution in [2.24, 2.45) is 0 Å². The van der Waals surface area contributed by atoms with Crippen LogP contribution in [-0.4, -0.2) is 12.2 Å². The Bertz CT molecular complexity index is 492. The number of benzene rings is 2. The van der Waals surface area contributed by atoms with Crippen molar-refractivity contribution in [1.29, 1.82) is 0 Å². The maximum atomic E-state index is 9.49. The fraction of sp³-hybridized carbons (Fsp3) is 0.0769. The standard InChI is InChI=1S/C13H11BrO2/c1-16-13-8-10(4-7-12(13)15)9-2-5-11(14)6-3-9/h2-8,15H,1H3. The number of phenolic OH excluding ortho intramolecular Hbond substituents is 1. The first-order chi connectivity index (χ1) is 7.70. The number of methoxy groups -OCH3 is 1. The molecule has 0 aromatic heterocycles. The molecule has 2 aromatic carbocycles. The molecule has 0 aliphatic rings. The Morgan fingerprint density at radius 3 is 2.25 bits per heavy atom. The van der Waals surface area contributed by atoms with Crippen molar-refractivity contribution in [3.05, 3.63) is 46.9 Å². The molecular weight excluding hydrogens is 268 g/mol. The Morgan fingerprint density at radius 2 is 1.62 bits per heavy atom. The Labute approximate surface area is 103 Å². The van der Waals surface area contributed by atoms with Crippen molar-refractivity contribution in [2.45, 2.75) is 0 Å². The van der Waals surface area contributed by atoms with Crippen molar-refractivity contribution < 1.29 is 9.84 Å². The molecule has 1 N–H and O–H groups in total. The lowest BCUT2D eigenvalue weighted by Gasteiger charge is -2.06. The molecule has 0 saturated carbocycles. The molecule has 0 unspecified atom stereocenters. The van der Waals surface area contributed by atoms with Gasteiger partial charge < -0.3 is 9.84 Å². The van der Waals surface area contributed by atoms with Gasteiger partial charge in [0.2, 0.25) is 0 Å². The van der Waals surface area contributed by atoms with Crippen LogP contribution in [0, 0.1) is 0 Å². The van der Waals surface area contributed by atoms with Crippen LogP contribution in [0.4, 0.5) is 0 Å². The Kier molecular flexibility index (Phi) is 3.15. The fourth-order valence-corrected chi connectivity index (χ4v) is 1.76. The molecule has 0 heterocycles. The van der Waals surface area contributed by atoms with Crippen LogP contribution >= 0.6 is 15.9 Å². The van der Waals surface area contributed by atoms with Crippen molar-refractivity contribution in [3.63, 3.8) is 0 Å². The zero-order valence-electron chi connectivity index (χ0n) is 8.77. The Hall–Kier alpha value is -1.48. The summed E-state index contributed by atoms with van der Waals surface area (Å²) in [5.41, 5.74) is 2.10. The molecular formula is C13H11BrO2. The topological polar surface area (TPSA) is 29.5 Å². The van der Waals surface area contributed by atoms with Crippen LogP contribution in [0.1, 0.15) is 0 Å². The third kappa shape index (κ3) is 2.19. The van der Waals surface area contributed by atoms with E-state index in [0.29, 0.717) is 5.75 Å². The van der Waals surface area contributed by atoms with Gasteiger partial charge in [0.25, 0.3) is 0 Å². The quantitative estimate of drug-likeness (QED) is 0.905. The van der Waals surface area contributed by atoms with Crippen LogP contribution in [0.2, 0.25) is 0 Å². The highest BCUT2D eigenvalue weighted by Gasteiger charge is 2.04. The number of aromatic hydroxyl groups is 1. The second-order valence-corrected chi connectivity index (χ2v) is 4.31. The van der Waals surface area contributed by atoms with E-state index in [1.54, 1.807) is 13.2 Å². The van der Waals surface area contributed by atoms with Crippen LogP contribution in [0.25, 0.3) is 11.1 Å². The lowest BCUT2D eigenvalue weighted by molar-refractivity contribution is 0.373. The average molecular weight is 279 g/mol. The second kappa shape index (κ2) is 4.58. The number of hydrogen-bond acceptors (Lipinski definition) is 2. The summed E-state index contributed by atoms with van der Waals surface area (Å²) in [6, 6.07) is 13.3. The van der Waals surface area contributed by atoms with Crippen molar-refractivity contribution in [3.8, 4) is 22.6 Å². The Morgan fingerprint density at radius 1 is 1.00 bits per heavy atom. The first-order valence-electron chi connectivity index (χ1n) is 4.83. The van der Waals surface area contributed by atoms with Gasteiger partial charge in [-0.1, -0.05) is 34.1 Å². The SMILES string of the molecule is COc1cc(-c2ccc(Br)cc2)ccc1O. The van der Waals surface area contributed by atoms with Gasteiger partial charge in [-0.3, -0.25) is 0 Å². The summed E-state index contributed by atoms with van der Waals surface area (Å²) in [4.78, 5) is 0. The van der Waals surface area contributed by atoms with Crippen molar-refractivity contribution >= 4 is 15.9 Å². The number of ether oxygens (including phenoxy) is 1.